The molecule has 0 aromatic carbocycles. The molecule has 1 aliphatic carbocycles. The summed E-state index contributed by atoms with van der Waals surface area (Å²) in [7, 11) is 1.83. The molecular formula is C15H25N3O3. The summed E-state index contributed by atoms with van der Waals surface area (Å²) in [6, 6.07) is 0. The molecule has 0 atom stereocenters. The van der Waals surface area contributed by atoms with Crippen LogP contribution in [-0.4, -0.2) is 40.1 Å². The minimum Gasteiger partial charge on any atom is -0.462 e. The highest BCUT2D eigenvalue weighted by molar-refractivity contribution is 5.90. The molecule has 1 heterocycles. The molecule has 21 heavy (non-hydrogen) atoms. The van der Waals surface area contributed by atoms with Gasteiger partial charge in [0.15, 0.2) is 0 Å². The fourth-order valence-corrected chi connectivity index (χ4v) is 2.80. The summed E-state index contributed by atoms with van der Waals surface area (Å²) in [6.07, 6.45) is 5.35. The molecule has 0 bridgehead atoms. The van der Waals surface area contributed by atoms with Crippen LogP contribution in [0.4, 0.5) is 0 Å². The van der Waals surface area contributed by atoms with Crippen LogP contribution in [0.5, 0.6) is 0 Å². The van der Waals surface area contributed by atoms with Gasteiger partial charge in [0, 0.05) is 13.6 Å². The van der Waals surface area contributed by atoms with Crippen LogP contribution in [0.25, 0.3) is 0 Å². The molecule has 2 rings (SSSR count). The lowest BCUT2D eigenvalue weighted by molar-refractivity contribution is 0.0524. The van der Waals surface area contributed by atoms with Gasteiger partial charge in [-0.15, -0.1) is 0 Å². The Balaban J connectivity index is 1.85. The number of aliphatic hydroxyl groups is 1. The van der Waals surface area contributed by atoms with E-state index in [1.807, 2.05) is 7.05 Å². The normalized spacial score (nSPS) is 22.2. The zero-order valence-corrected chi connectivity index (χ0v) is 12.8. The van der Waals surface area contributed by atoms with E-state index in [4.69, 9.17) is 4.74 Å². The summed E-state index contributed by atoms with van der Waals surface area (Å²) >= 11 is 0. The Morgan fingerprint density at radius 3 is 2.86 bits per heavy atom. The number of nitrogens with zero attached hydrogens (tertiary/aromatic N) is 2. The maximum absolute atomic E-state index is 11.8. The van der Waals surface area contributed by atoms with Gasteiger partial charge in [0.1, 0.15) is 5.56 Å². The fraction of sp³-hybridized carbons (Fsp3) is 0.733. The van der Waals surface area contributed by atoms with Crippen molar-refractivity contribution in [2.75, 3.05) is 13.2 Å². The molecule has 0 aliphatic heterocycles. The lowest BCUT2D eigenvalue weighted by atomic mass is 9.87. The number of aliphatic hydroxyl groups excluding tert-OH is 1. The Morgan fingerprint density at radius 2 is 2.19 bits per heavy atom. The van der Waals surface area contributed by atoms with Gasteiger partial charge in [-0.25, -0.2) is 4.79 Å². The lowest BCUT2D eigenvalue weighted by Crippen LogP contribution is -2.28. The third-order valence-electron chi connectivity index (χ3n) is 4.10. The topological polar surface area (TPSA) is 76.4 Å². The molecule has 1 aromatic rings. The smallest absolute Gasteiger partial charge is 0.341 e. The van der Waals surface area contributed by atoms with Crippen LogP contribution in [0.15, 0.2) is 6.20 Å². The van der Waals surface area contributed by atoms with Gasteiger partial charge < -0.3 is 15.2 Å². The first-order valence-electron chi connectivity index (χ1n) is 7.68. The number of ether oxygens (including phenoxy) is 1. The number of nitrogens with one attached hydrogen (secondary N) is 1. The molecular weight excluding hydrogens is 270 g/mol. The molecule has 1 aromatic heterocycles. The predicted molar refractivity (Wildman–Crippen MR) is 78.8 cm³/mol. The average molecular weight is 295 g/mol. The Morgan fingerprint density at radius 1 is 1.48 bits per heavy atom. The lowest BCUT2D eigenvalue weighted by Gasteiger charge is -2.25. The van der Waals surface area contributed by atoms with Gasteiger partial charge in [0.25, 0.3) is 0 Å². The quantitative estimate of drug-likeness (QED) is 0.772. The number of hydrogen-bond acceptors (Lipinski definition) is 5. The third-order valence-corrected chi connectivity index (χ3v) is 4.10. The first-order valence-corrected chi connectivity index (χ1v) is 7.68. The number of rotatable bonds is 6. The van der Waals surface area contributed by atoms with Crippen molar-refractivity contribution in [1.29, 1.82) is 0 Å². The molecule has 0 spiro atoms. The van der Waals surface area contributed by atoms with E-state index in [-0.39, 0.29) is 12.1 Å². The first kappa shape index (κ1) is 16.0. The molecule has 0 amide bonds. The van der Waals surface area contributed by atoms with Gasteiger partial charge in [-0.1, -0.05) is 0 Å². The van der Waals surface area contributed by atoms with Gasteiger partial charge in [-0.3, -0.25) is 4.68 Å². The zero-order chi connectivity index (χ0) is 15.2. The van der Waals surface area contributed by atoms with Crippen LogP contribution in [0.3, 0.4) is 0 Å². The van der Waals surface area contributed by atoms with Crippen molar-refractivity contribution < 1.29 is 14.6 Å². The maximum atomic E-state index is 11.8. The second-order valence-electron chi connectivity index (χ2n) is 5.65. The molecule has 6 heteroatoms. The molecule has 1 fully saturated rings. The molecule has 0 radical (unpaired) electrons. The minimum absolute atomic E-state index is 0.117. The summed E-state index contributed by atoms with van der Waals surface area (Å²) in [5.74, 6) is 0.288. The third kappa shape index (κ3) is 4.28. The highest BCUT2D eigenvalue weighted by Crippen LogP contribution is 2.23. The number of hydrogen-bond donors (Lipinski definition) is 2. The minimum atomic E-state index is -0.316. The molecule has 6 nitrogen and oxygen atoms in total. The molecule has 1 saturated carbocycles. The highest BCUT2D eigenvalue weighted by atomic mass is 16.5. The van der Waals surface area contributed by atoms with E-state index >= 15 is 0 Å². The van der Waals surface area contributed by atoms with Crippen molar-refractivity contribution in [2.45, 2.75) is 45.3 Å². The van der Waals surface area contributed by atoms with Crippen molar-refractivity contribution in [3.05, 3.63) is 17.5 Å². The second kappa shape index (κ2) is 7.56. The van der Waals surface area contributed by atoms with E-state index in [1.54, 1.807) is 17.8 Å². The van der Waals surface area contributed by atoms with Gasteiger partial charge in [0.2, 0.25) is 0 Å². The van der Waals surface area contributed by atoms with Gasteiger partial charge in [-0.05, 0) is 45.1 Å². The first-order chi connectivity index (χ1) is 10.1. The van der Waals surface area contributed by atoms with Crippen molar-refractivity contribution in [2.24, 2.45) is 13.0 Å². The summed E-state index contributed by atoms with van der Waals surface area (Å²) in [6.45, 7) is 3.67. The number of aryl methyl sites for hydroxylation is 1. The van der Waals surface area contributed by atoms with Crippen molar-refractivity contribution >= 4 is 5.97 Å². The summed E-state index contributed by atoms with van der Waals surface area (Å²) in [4.78, 5) is 11.8. The number of esters is 1. The van der Waals surface area contributed by atoms with Gasteiger partial charge in [0.05, 0.1) is 24.6 Å². The molecule has 0 unspecified atom stereocenters. The average Bonchev–Trinajstić information content (AvgIpc) is 2.83. The van der Waals surface area contributed by atoms with Crippen molar-refractivity contribution in [1.82, 2.24) is 15.1 Å². The van der Waals surface area contributed by atoms with Gasteiger partial charge >= 0.3 is 5.97 Å². The maximum Gasteiger partial charge on any atom is 0.341 e. The van der Waals surface area contributed by atoms with Crippen LogP contribution < -0.4 is 5.32 Å². The number of carbonyl (C=O) groups excluding carboxylic acids is 1. The standard InChI is InChI=1S/C15H25N3O3/c1-3-21-15(20)13-9-17-18(2)14(13)10-16-8-11-4-6-12(19)7-5-11/h9,11-12,16,19H,3-8,10H2,1-2H3. The highest BCUT2D eigenvalue weighted by Gasteiger charge is 2.20. The van der Waals surface area contributed by atoms with Crippen LogP contribution in [0, 0.1) is 5.92 Å². The second-order valence-corrected chi connectivity index (χ2v) is 5.65. The zero-order valence-electron chi connectivity index (χ0n) is 12.8. The molecule has 1 aliphatic rings. The summed E-state index contributed by atoms with van der Waals surface area (Å²) in [5, 5.41) is 17.0. The SMILES string of the molecule is CCOC(=O)c1cnn(C)c1CNCC1CCC(O)CC1. The molecule has 118 valence electrons. The van der Waals surface area contributed by atoms with E-state index in [1.165, 1.54) is 0 Å². The Hall–Kier alpha value is -1.40. The van der Waals surface area contributed by atoms with Crippen LogP contribution in [0.2, 0.25) is 0 Å². The van der Waals surface area contributed by atoms with E-state index in [2.05, 4.69) is 10.4 Å². The Kier molecular flexibility index (Phi) is 5.76. The Bertz CT molecular complexity index is 465. The molecule has 2 N–H and O–H groups in total. The number of carbonyl (C=O) groups is 1. The molecule has 0 saturated heterocycles. The fourth-order valence-electron chi connectivity index (χ4n) is 2.80. The van der Waals surface area contributed by atoms with E-state index in [0.29, 0.717) is 24.6 Å². The monoisotopic (exact) mass is 295 g/mol. The summed E-state index contributed by atoms with van der Waals surface area (Å²) in [5.41, 5.74) is 1.38. The van der Waals surface area contributed by atoms with E-state index < -0.39 is 0 Å². The van der Waals surface area contributed by atoms with E-state index in [0.717, 1.165) is 37.9 Å². The van der Waals surface area contributed by atoms with Crippen molar-refractivity contribution in [3.8, 4) is 0 Å². The number of aromatic nitrogens is 2. The van der Waals surface area contributed by atoms with E-state index in [9.17, 15) is 9.90 Å². The van der Waals surface area contributed by atoms with Crippen LogP contribution >= 0.6 is 0 Å². The summed E-state index contributed by atoms with van der Waals surface area (Å²) < 4.78 is 6.75. The Labute approximate surface area is 125 Å². The largest absolute Gasteiger partial charge is 0.462 e. The van der Waals surface area contributed by atoms with Crippen LogP contribution in [-0.2, 0) is 18.3 Å². The van der Waals surface area contributed by atoms with Crippen molar-refractivity contribution in [3.63, 3.8) is 0 Å². The van der Waals surface area contributed by atoms with Gasteiger partial charge in [-0.2, -0.15) is 5.10 Å². The van der Waals surface area contributed by atoms with Crippen LogP contribution in [0.1, 0.15) is 48.7 Å². The predicted octanol–water partition coefficient (Wildman–Crippen LogP) is 1.24.